The molecule has 0 aromatic heterocycles. The van der Waals surface area contributed by atoms with Gasteiger partial charge in [-0.1, -0.05) is 0 Å². The highest BCUT2D eigenvalue weighted by molar-refractivity contribution is 5.79. The van der Waals surface area contributed by atoms with Crippen molar-refractivity contribution in [3.05, 3.63) is 0 Å². The van der Waals surface area contributed by atoms with Gasteiger partial charge in [0.25, 0.3) is 0 Å². The van der Waals surface area contributed by atoms with Crippen LogP contribution >= 0.6 is 0 Å². The summed E-state index contributed by atoms with van der Waals surface area (Å²) in [6.45, 7) is 1.31. The van der Waals surface area contributed by atoms with Gasteiger partial charge in [-0.3, -0.25) is 4.79 Å². The van der Waals surface area contributed by atoms with E-state index in [4.69, 9.17) is 10.5 Å². The summed E-state index contributed by atoms with van der Waals surface area (Å²) < 4.78 is 5.15. The lowest BCUT2D eigenvalue weighted by atomic mass is 9.87. The molecule has 13 heavy (non-hydrogen) atoms. The Morgan fingerprint density at radius 2 is 2.23 bits per heavy atom. The van der Waals surface area contributed by atoms with Crippen LogP contribution < -0.4 is 11.1 Å². The fourth-order valence-corrected chi connectivity index (χ4v) is 1.84. The Morgan fingerprint density at radius 1 is 1.46 bits per heavy atom. The van der Waals surface area contributed by atoms with E-state index in [-0.39, 0.29) is 11.8 Å². The summed E-state index contributed by atoms with van der Waals surface area (Å²) in [4.78, 5) is 11.5. The Bertz CT molecular complexity index is 196. The molecule has 3 N–H and O–H groups in total. The van der Waals surface area contributed by atoms with Crippen LogP contribution in [-0.4, -0.2) is 31.2 Å². The van der Waals surface area contributed by atoms with Crippen LogP contribution in [0.4, 0.5) is 0 Å². The van der Waals surface area contributed by atoms with Gasteiger partial charge in [0.1, 0.15) is 0 Å². The molecule has 74 valence electrons. The zero-order chi connectivity index (χ0) is 9.26. The monoisotopic (exact) mass is 184 g/mol. The van der Waals surface area contributed by atoms with E-state index in [0.29, 0.717) is 18.7 Å². The maximum Gasteiger partial charge on any atom is 0.225 e. The molecule has 1 amide bonds. The molecule has 2 aliphatic rings. The van der Waals surface area contributed by atoms with Crippen molar-refractivity contribution in [2.24, 2.45) is 11.7 Å². The van der Waals surface area contributed by atoms with Crippen molar-refractivity contribution < 1.29 is 9.53 Å². The highest BCUT2D eigenvalue weighted by atomic mass is 16.5. The number of amides is 1. The average Bonchev–Trinajstić information content (AvgIpc) is 2.53. The van der Waals surface area contributed by atoms with E-state index in [1.54, 1.807) is 0 Å². The molecule has 0 spiro atoms. The molecule has 2 rings (SSSR count). The number of hydrogen-bond acceptors (Lipinski definition) is 3. The highest BCUT2D eigenvalue weighted by Gasteiger charge is 2.30. The zero-order valence-corrected chi connectivity index (χ0v) is 7.66. The summed E-state index contributed by atoms with van der Waals surface area (Å²) in [6, 6.07) is 0.619. The molecule has 1 atom stereocenters. The third-order valence-corrected chi connectivity index (χ3v) is 2.82. The first-order valence-corrected chi connectivity index (χ1v) is 4.89. The molecule has 0 radical (unpaired) electrons. The number of ether oxygens (including phenoxy) is 1. The molecule has 1 saturated heterocycles. The predicted molar refractivity (Wildman–Crippen MR) is 48.1 cm³/mol. The van der Waals surface area contributed by atoms with Gasteiger partial charge in [-0.25, -0.2) is 0 Å². The lowest BCUT2D eigenvalue weighted by Crippen LogP contribution is -2.51. The highest BCUT2D eigenvalue weighted by Crippen LogP contribution is 2.19. The van der Waals surface area contributed by atoms with Crippen molar-refractivity contribution in [2.75, 3.05) is 13.2 Å². The van der Waals surface area contributed by atoms with E-state index in [2.05, 4.69) is 5.32 Å². The Morgan fingerprint density at radius 3 is 2.77 bits per heavy atom. The van der Waals surface area contributed by atoms with Crippen LogP contribution in [0.2, 0.25) is 0 Å². The summed E-state index contributed by atoms with van der Waals surface area (Å²) in [5.41, 5.74) is 5.62. The standard InChI is InChI=1S/C9H16N2O2/c10-7-3-8(4-7)11-9(12)6-1-2-13-5-6/h6-8H,1-5,10H2,(H,11,12). The van der Waals surface area contributed by atoms with Crippen LogP contribution in [0.5, 0.6) is 0 Å². The summed E-state index contributed by atoms with van der Waals surface area (Å²) in [5.74, 6) is 0.228. The molecule has 4 nitrogen and oxygen atoms in total. The van der Waals surface area contributed by atoms with Gasteiger partial charge in [0.15, 0.2) is 0 Å². The Labute approximate surface area is 77.8 Å². The van der Waals surface area contributed by atoms with Crippen LogP contribution in [0, 0.1) is 5.92 Å². The van der Waals surface area contributed by atoms with Gasteiger partial charge >= 0.3 is 0 Å². The van der Waals surface area contributed by atoms with Gasteiger partial charge in [0, 0.05) is 18.7 Å². The van der Waals surface area contributed by atoms with E-state index in [0.717, 1.165) is 25.9 Å². The van der Waals surface area contributed by atoms with Gasteiger partial charge in [-0.05, 0) is 19.3 Å². The van der Waals surface area contributed by atoms with Crippen LogP contribution in [-0.2, 0) is 9.53 Å². The fraction of sp³-hybridized carbons (Fsp3) is 0.889. The second-order valence-electron chi connectivity index (χ2n) is 4.00. The molecule has 4 heteroatoms. The lowest BCUT2D eigenvalue weighted by molar-refractivity contribution is -0.126. The molecule has 1 unspecified atom stereocenters. The Balaban J connectivity index is 1.72. The molecule has 2 fully saturated rings. The first-order valence-electron chi connectivity index (χ1n) is 4.89. The second-order valence-corrected chi connectivity index (χ2v) is 4.00. The molecule has 1 saturated carbocycles. The summed E-state index contributed by atoms with van der Waals surface area (Å²) in [5, 5.41) is 2.99. The summed E-state index contributed by atoms with van der Waals surface area (Å²) in [7, 11) is 0. The molecule has 0 aromatic carbocycles. The van der Waals surface area contributed by atoms with Crippen molar-refractivity contribution in [2.45, 2.75) is 31.3 Å². The number of carbonyl (C=O) groups excluding carboxylic acids is 1. The molecule has 1 heterocycles. The van der Waals surface area contributed by atoms with Gasteiger partial charge < -0.3 is 15.8 Å². The van der Waals surface area contributed by atoms with Gasteiger partial charge in [-0.2, -0.15) is 0 Å². The molecule has 1 aliphatic heterocycles. The zero-order valence-electron chi connectivity index (χ0n) is 7.66. The first kappa shape index (κ1) is 8.97. The number of nitrogens with one attached hydrogen (secondary N) is 1. The van der Waals surface area contributed by atoms with Crippen molar-refractivity contribution >= 4 is 5.91 Å². The lowest BCUT2D eigenvalue weighted by Gasteiger charge is -2.33. The maximum atomic E-state index is 11.5. The predicted octanol–water partition coefficient (Wildman–Crippen LogP) is -0.371. The maximum absolute atomic E-state index is 11.5. The van der Waals surface area contributed by atoms with Gasteiger partial charge in [0.05, 0.1) is 12.5 Å². The SMILES string of the molecule is NC1CC(NC(=O)C2CCOC2)C1. The van der Waals surface area contributed by atoms with Crippen LogP contribution in [0.25, 0.3) is 0 Å². The number of hydrogen-bond donors (Lipinski definition) is 2. The normalized spacial score (nSPS) is 38.4. The molecule has 0 bridgehead atoms. The number of rotatable bonds is 2. The minimum absolute atomic E-state index is 0.0804. The summed E-state index contributed by atoms with van der Waals surface area (Å²) >= 11 is 0. The van der Waals surface area contributed by atoms with Crippen LogP contribution in [0.3, 0.4) is 0 Å². The van der Waals surface area contributed by atoms with E-state index in [1.165, 1.54) is 0 Å². The minimum atomic E-state index is 0.0804. The number of nitrogens with two attached hydrogens (primary N) is 1. The second kappa shape index (κ2) is 3.64. The molecule has 1 aliphatic carbocycles. The third-order valence-electron chi connectivity index (χ3n) is 2.82. The van der Waals surface area contributed by atoms with Crippen LogP contribution in [0.1, 0.15) is 19.3 Å². The number of carbonyl (C=O) groups is 1. The summed E-state index contributed by atoms with van der Waals surface area (Å²) in [6.07, 6.45) is 2.73. The first-order chi connectivity index (χ1) is 6.25. The van der Waals surface area contributed by atoms with Crippen molar-refractivity contribution in [1.82, 2.24) is 5.32 Å². The molecular formula is C9H16N2O2. The molecular weight excluding hydrogens is 168 g/mol. The van der Waals surface area contributed by atoms with Gasteiger partial charge in [0.2, 0.25) is 5.91 Å². The Hall–Kier alpha value is -0.610. The smallest absolute Gasteiger partial charge is 0.225 e. The van der Waals surface area contributed by atoms with E-state index < -0.39 is 0 Å². The minimum Gasteiger partial charge on any atom is -0.381 e. The van der Waals surface area contributed by atoms with Crippen molar-refractivity contribution in [3.8, 4) is 0 Å². The fourth-order valence-electron chi connectivity index (χ4n) is 1.84. The topological polar surface area (TPSA) is 64.3 Å². The largest absolute Gasteiger partial charge is 0.381 e. The molecule has 0 aromatic rings. The third kappa shape index (κ3) is 2.00. The van der Waals surface area contributed by atoms with Crippen LogP contribution in [0.15, 0.2) is 0 Å². The van der Waals surface area contributed by atoms with E-state index in [1.807, 2.05) is 0 Å². The van der Waals surface area contributed by atoms with Crippen molar-refractivity contribution in [1.29, 1.82) is 0 Å². The van der Waals surface area contributed by atoms with Gasteiger partial charge in [-0.15, -0.1) is 0 Å². The van der Waals surface area contributed by atoms with Crippen molar-refractivity contribution in [3.63, 3.8) is 0 Å². The van der Waals surface area contributed by atoms with E-state index in [9.17, 15) is 4.79 Å². The quantitative estimate of drug-likeness (QED) is 0.615. The average molecular weight is 184 g/mol. The van der Waals surface area contributed by atoms with E-state index >= 15 is 0 Å². The Kier molecular flexibility index (Phi) is 2.51.